The third-order valence-corrected chi connectivity index (χ3v) is 6.21. The highest BCUT2D eigenvalue weighted by molar-refractivity contribution is 6.31. The average Bonchev–Trinajstić information content (AvgIpc) is 3.16. The highest BCUT2D eigenvalue weighted by Gasteiger charge is 2.63. The number of fused-ring (bicyclic) bond motifs is 5. The van der Waals surface area contributed by atoms with E-state index >= 15 is 0 Å². The predicted octanol–water partition coefficient (Wildman–Crippen LogP) is 3.44. The van der Waals surface area contributed by atoms with Crippen molar-refractivity contribution in [3.63, 3.8) is 0 Å². The number of nitrogens with zero attached hydrogens (tertiary/aromatic N) is 2. The van der Waals surface area contributed by atoms with Gasteiger partial charge in [0.15, 0.2) is 5.78 Å². The second-order valence-corrected chi connectivity index (χ2v) is 7.87. The van der Waals surface area contributed by atoms with Gasteiger partial charge in [-0.05, 0) is 48.4 Å². The van der Waals surface area contributed by atoms with Crippen LogP contribution >= 0.6 is 11.6 Å². The molecule has 2 saturated heterocycles. The molecular formula is C22H17ClN2O3. The molecule has 140 valence electrons. The minimum absolute atomic E-state index is 0.111. The lowest BCUT2D eigenvalue weighted by atomic mass is 9.84. The molecule has 0 spiro atoms. The molecule has 3 aliphatic rings. The third kappa shape index (κ3) is 2.23. The van der Waals surface area contributed by atoms with Gasteiger partial charge in [0.2, 0.25) is 11.8 Å². The van der Waals surface area contributed by atoms with Crippen LogP contribution < -0.4 is 4.90 Å². The number of hydrogen-bond donors (Lipinski definition) is 0. The first-order valence-corrected chi connectivity index (χ1v) is 9.55. The summed E-state index contributed by atoms with van der Waals surface area (Å²) in [6, 6.07) is 13.5. The average molecular weight is 393 g/mol. The number of benzene rings is 2. The van der Waals surface area contributed by atoms with Crippen LogP contribution in [0.2, 0.25) is 5.02 Å². The minimum Gasteiger partial charge on any atom is -0.359 e. The lowest BCUT2D eigenvalue weighted by molar-refractivity contribution is -0.129. The van der Waals surface area contributed by atoms with E-state index in [4.69, 9.17) is 11.6 Å². The summed E-state index contributed by atoms with van der Waals surface area (Å²) in [6.45, 7) is 1.49. The fraction of sp³-hybridized carbons (Fsp3) is 0.227. The maximum absolute atomic E-state index is 13.4. The van der Waals surface area contributed by atoms with Crippen LogP contribution in [0.5, 0.6) is 0 Å². The number of anilines is 1. The Labute approximate surface area is 167 Å². The quantitative estimate of drug-likeness (QED) is 0.734. The largest absolute Gasteiger partial charge is 0.359 e. The van der Waals surface area contributed by atoms with Gasteiger partial charge < -0.3 is 4.90 Å². The van der Waals surface area contributed by atoms with Gasteiger partial charge in [-0.1, -0.05) is 35.9 Å². The van der Waals surface area contributed by atoms with Crippen LogP contribution in [0.3, 0.4) is 0 Å². The van der Waals surface area contributed by atoms with E-state index in [1.54, 1.807) is 24.3 Å². The Kier molecular flexibility index (Phi) is 3.71. The smallest absolute Gasteiger partial charge is 0.240 e. The molecular weight excluding hydrogens is 376 g/mol. The van der Waals surface area contributed by atoms with Gasteiger partial charge in [-0.3, -0.25) is 14.4 Å². The first-order valence-electron chi connectivity index (χ1n) is 9.17. The molecule has 0 bridgehead atoms. The lowest BCUT2D eigenvalue weighted by Crippen LogP contribution is -2.43. The van der Waals surface area contributed by atoms with Gasteiger partial charge in [-0.25, -0.2) is 4.90 Å². The van der Waals surface area contributed by atoms with Gasteiger partial charge in [-0.15, -0.1) is 0 Å². The van der Waals surface area contributed by atoms with E-state index in [9.17, 15) is 14.4 Å². The van der Waals surface area contributed by atoms with Gasteiger partial charge in [-0.2, -0.15) is 0 Å². The summed E-state index contributed by atoms with van der Waals surface area (Å²) in [6.07, 6.45) is 3.79. The Balaban J connectivity index is 1.65. The summed E-state index contributed by atoms with van der Waals surface area (Å²) in [5.41, 5.74) is 2.47. The van der Waals surface area contributed by atoms with Crippen molar-refractivity contribution in [3.05, 3.63) is 70.9 Å². The SMILES string of the molecule is CC(=O)[C@H]1[C@@H]2C(=O)N(c3ccc(Cl)cc3)C(=O)[C@@H]2[C@@H]2c3ccccc3C=CN12. The van der Waals surface area contributed by atoms with E-state index in [-0.39, 0.29) is 23.6 Å². The Hall–Kier alpha value is -2.92. The van der Waals surface area contributed by atoms with Gasteiger partial charge in [0, 0.05) is 11.2 Å². The van der Waals surface area contributed by atoms with Crippen molar-refractivity contribution in [2.24, 2.45) is 11.8 Å². The predicted molar refractivity (Wildman–Crippen MR) is 105 cm³/mol. The third-order valence-electron chi connectivity index (χ3n) is 5.96. The van der Waals surface area contributed by atoms with E-state index in [2.05, 4.69) is 0 Å². The molecule has 4 atom stereocenters. The highest BCUT2D eigenvalue weighted by atomic mass is 35.5. The molecule has 0 saturated carbocycles. The Bertz CT molecular complexity index is 1050. The molecule has 6 heteroatoms. The molecule has 3 heterocycles. The number of carbonyl (C=O) groups excluding carboxylic acids is 3. The van der Waals surface area contributed by atoms with E-state index in [1.807, 2.05) is 41.4 Å². The van der Waals surface area contributed by atoms with Crippen molar-refractivity contribution >= 4 is 41.0 Å². The molecule has 0 unspecified atom stereocenters. The number of imide groups is 1. The van der Waals surface area contributed by atoms with E-state index < -0.39 is 17.9 Å². The zero-order chi connectivity index (χ0) is 19.6. The van der Waals surface area contributed by atoms with Crippen LogP contribution in [0.4, 0.5) is 5.69 Å². The number of hydrogen-bond acceptors (Lipinski definition) is 4. The number of carbonyl (C=O) groups is 3. The van der Waals surface area contributed by atoms with Crippen molar-refractivity contribution < 1.29 is 14.4 Å². The van der Waals surface area contributed by atoms with Crippen molar-refractivity contribution in [1.29, 1.82) is 0 Å². The molecule has 2 aromatic carbocycles. The van der Waals surface area contributed by atoms with E-state index in [1.165, 1.54) is 11.8 Å². The first kappa shape index (κ1) is 17.2. The minimum atomic E-state index is -0.693. The Morgan fingerprint density at radius 1 is 0.964 bits per heavy atom. The van der Waals surface area contributed by atoms with Crippen molar-refractivity contribution in [2.45, 2.75) is 19.0 Å². The normalized spacial score (nSPS) is 27.6. The van der Waals surface area contributed by atoms with Crippen LogP contribution in [-0.4, -0.2) is 28.5 Å². The van der Waals surface area contributed by atoms with Crippen LogP contribution in [-0.2, 0) is 14.4 Å². The molecule has 0 radical (unpaired) electrons. The molecule has 0 N–H and O–H groups in total. The number of amides is 2. The van der Waals surface area contributed by atoms with Gasteiger partial charge in [0.25, 0.3) is 0 Å². The maximum Gasteiger partial charge on any atom is 0.240 e. The molecule has 28 heavy (non-hydrogen) atoms. The lowest BCUT2D eigenvalue weighted by Gasteiger charge is -2.34. The fourth-order valence-electron chi connectivity index (χ4n) is 4.87. The highest BCUT2D eigenvalue weighted by Crippen LogP contribution is 2.53. The second kappa shape index (κ2) is 6.04. The van der Waals surface area contributed by atoms with Gasteiger partial charge in [0.1, 0.15) is 0 Å². The standard InChI is InChI=1S/C22H17ClN2O3/c1-12(26)19-17-18(20-16-5-3-2-4-13(16)10-11-24(19)20)22(28)25(21(17)27)15-8-6-14(23)7-9-15/h2-11,17-20H,1H3/t17-,18+,19+,20+/m1/s1. The van der Waals surface area contributed by atoms with Crippen molar-refractivity contribution in [3.8, 4) is 0 Å². The van der Waals surface area contributed by atoms with Crippen LogP contribution in [0, 0.1) is 11.8 Å². The van der Waals surface area contributed by atoms with Crippen molar-refractivity contribution in [1.82, 2.24) is 4.90 Å². The first-order chi connectivity index (χ1) is 13.5. The number of halogens is 1. The molecule has 0 aromatic heterocycles. The molecule has 2 amide bonds. The van der Waals surface area contributed by atoms with E-state index in [0.29, 0.717) is 10.7 Å². The van der Waals surface area contributed by atoms with E-state index in [0.717, 1.165) is 11.1 Å². The number of rotatable bonds is 2. The molecule has 5 rings (SSSR count). The fourth-order valence-corrected chi connectivity index (χ4v) is 4.99. The Morgan fingerprint density at radius 2 is 1.64 bits per heavy atom. The maximum atomic E-state index is 13.4. The summed E-state index contributed by atoms with van der Waals surface area (Å²) in [5.74, 6) is -1.98. The topological polar surface area (TPSA) is 57.7 Å². The molecule has 3 aliphatic heterocycles. The molecule has 0 aliphatic carbocycles. The van der Waals surface area contributed by atoms with Crippen LogP contribution in [0.15, 0.2) is 54.7 Å². The van der Waals surface area contributed by atoms with Crippen molar-refractivity contribution in [2.75, 3.05) is 4.90 Å². The zero-order valence-electron chi connectivity index (χ0n) is 15.1. The zero-order valence-corrected chi connectivity index (χ0v) is 15.8. The summed E-state index contributed by atoms with van der Waals surface area (Å²) < 4.78 is 0. The summed E-state index contributed by atoms with van der Waals surface area (Å²) in [7, 11) is 0. The number of ketones is 1. The molecule has 5 nitrogen and oxygen atoms in total. The van der Waals surface area contributed by atoms with Gasteiger partial charge in [0.05, 0.1) is 29.6 Å². The molecule has 2 aromatic rings. The summed E-state index contributed by atoms with van der Waals surface area (Å²) >= 11 is 5.95. The summed E-state index contributed by atoms with van der Waals surface area (Å²) in [5, 5.41) is 0.530. The summed E-state index contributed by atoms with van der Waals surface area (Å²) in [4.78, 5) is 42.4. The van der Waals surface area contributed by atoms with Crippen LogP contribution in [0.1, 0.15) is 24.1 Å². The second-order valence-electron chi connectivity index (χ2n) is 7.43. The monoisotopic (exact) mass is 392 g/mol. The molecule has 2 fully saturated rings. The number of Topliss-reactive ketones (excluding diaryl/α,β-unsaturated/α-hetero) is 1. The Morgan fingerprint density at radius 3 is 2.36 bits per heavy atom. The van der Waals surface area contributed by atoms with Gasteiger partial charge >= 0.3 is 0 Å². The van der Waals surface area contributed by atoms with Crippen LogP contribution in [0.25, 0.3) is 6.08 Å².